The minimum absolute atomic E-state index is 0.0906. The fraction of sp³-hybridized carbons (Fsp3) is 0.286. The third-order valence-electron chi connectivity index (χ3n) is 3.98. The zero-order valence-electron chi connectivity index (χ0n) is 15.0. The standard InChI is InChI=1S/C21H25NO3/c1-4-15(3)20(14-16-6-10-18(11-7-16)24-5-2)21(23)25-19-12-8-17(22)9-13-19/h6-15H,4-5,22H2,1-3H3. The number of anilines is 1. The van der Waals surface area contributed by atoms with Gasteiger partial charge in [0.2, 0.25) is 0 Å². The van der Waals surface area contributed by atoms with Crippen LogP contribution in [0, 0.1) is 5.92 Å². The molecule has 1 atom stereocenters. The number of carbonyl (C=O) groups is 1. The lowest BCUT2D eigenvalue weighted by Crippen LogP contribution is -2.16. The first-order valence-corrected chi connectivity index (χ1v) is 8.55. The van der Waals surface area contributed by atoms with Gasteiger partial charge in [0, 0.05) is 11.3 Å². The van der Waals surface area contributed by atoms with Crippen LogP contribution in [0.25, 0.3) is 6.08 Å². The first-order chi connectivity index (χ1) is 12.0. The molecule has 0 saturated heterocycles. The van der Waals surface area contributed by atoms with Gasteiger partial charge in [-0.2, -0.15) is 0 Å². The topological polar surface area (TPSA) is 61.5 Å². The van der Waals surface area contributed by atoms with Gasteiger partial charge in [0.15, 0.2) is 0 Å². The van der Waals surface area contributed by atoms with Gasteiger partial charge in [0.1, 0.15) is 11.5 Å². The summed E-state index contributed by atoms with van der Waals surface area (Å²) in [6.45, 7) is 6.64. The fourth-order valence-electron chi connectivity index (χ4n) is 2.33. The Morgan fingerprint density at radius 3 is 2.20 bits per heavy atom. The molecule has 4 nitrogen and oxygen atoms in total. The highest BCUT2D eigenvalue weighted by atomic mass is 16.5. The summed E-state index contributed by atoms with van der Waals surface area (Å²) < 4.78 is 10.9. The Morgan fingerprint density at radius 2 is 1.64 bits per heavy atom. The van der Waals surface area contributed by atoms with Crippen molar-refractivity contribution in [1.29, 1.82) is 0 Å². The SMILES string of the molecule is CCOc1ccc(C=C(C(=O)Oc2ccc(N)cc2)C(C)CC)cc1. The van der Waals surface area contributed by atoms with Crippen LogP contribution in [0.15, 0.2) is 54.1 Å². The average molecular weight is 339 g/mol. The van der Waals surface area contributed by atoms with E-state index in [9.17, 15) is 4.79 Å². The van der Waals surface area contributed by atoms with Gasteiger partial charge in [0.05, 0.1) is 6.61 Å². The van der Waals surface area contributed by atoms with Crippen molar-refractivity contribution in [1.82, 2.24) is 0 Å². The number of nitrogen functional groups attached to an aromatic ring is 1. The van der Waals surface area contributed by atoms with Gasteiger partial charge >= 0.3 is 5.97 Å². The third-order valence-corrected chi connectivity index (χ3v) is 3.98. The summed E-state index contributed by atoms with van der Waals surface area (Å²) in [5, 5.41) is 0. The van der Waals surface area contributed by atoms with Crippen LogP contribution in [0.2, 0.25) is 0 Å². The molecule has 2 rings (SSSR count). The second-order valence-corrected chi connectivity index (χ2v) is 5.87. The molecule has 2 N–H and O–H groups in total. The van der Waals surface area contributed by atoms with E-state index in [2.05, 4.69) is 0 Å². The number of esters is 1. The van der Waals surface area contributed by atoms with Crippen LogP contribution in [0.1, 0.15) is 32.8 Å². The molecule has 0 spiro atoms. The number of benzene rings is 2. The molecule has 0 aliphatic carbocycles. The predicted octanol–water partition coefficient (Wildman–Crippen LogP) is 4.70. The first kappa shape index (κ1) is 18.6. The molecular weight excluding hydrogens is 314 g/mol. The summed E-state index contributed by atoms with van der Waals surface area (Å²) in [7, 11) is 0. The van der Waals surface area contributed by atoms with Gasteiger partial charge in [-0.15, -0.1) is 0 Å². The van der Waals surface area contributed by atoms with E-state index in [1.165, 1.54) is 0 Å². The Labute approximate surface area is 149 Å². The maximum Gasteiger partial charge on any atom is 0.339 e. The monoisotopic (exact) mass is 339 g/mol. The van der Waals surface area contributed by atoms with Gasteiger partial charge in [-0.1, -0.05) is 26.0 Å². The van der Waals surface area contributed by atoms with Crippen molar-refractivity contribution in [3.8, 4) is 11.5 Å². The minimum atomic E-state index is -0.340. The molecule has 0 saturated carbocycles. The normalized spacial score (nSPS) is 12.5. The summed E-state index contributed by atoms with van der Waals surface area (Å²) in [5.41, 5.74) is 7.87. The Kier molecular flexibility index (Phi) is 6.63. The van der Waals surface area contributed by atoms with Crippen LogP contribution in [0.3, 0.4) is 0 Å². The summed E-state index contributed by atoms with van der Waals surface area (Å²) >= 11 is 0. The molecule has 0 aliphatic heterocycles. The van der Waals surface area contributed by atoms with E-state index in [4.69, 9.17) is 15.2 Å². The largest absolute Gasteiger partial charge is 0.494 e. The predicted molar refractivity (Wildman–Crippen MR) is 102 cm³/mol. The number of hydrogen-bond acceptors (Lipinski definition) is 4. The van der Waals surface area contributed by atoms with Crippen LogP contribution in [0.4, 0.5) is 5.69 Å². The zero-order valence-corrected chi connectivity index (χ0v) is 15.0. The highest BCUT2D eigenvalue weighted by Crippen LogP contribution is 2.23. The average Bonchev–Trinajstić information content (AvgIpc) is 2.62. The van der Waals surface area contributed by atoms with Crippen LogP contribution < -0.4 is 15.2 Å². The van der Waals surface area contributed by atoms with Crippen molar-refractivity contribution in [2.45, 2.75) is 27.2 Å². The number of rotatable bonds is 7. The molecule has 0 aliphatic rings. The van der Waals surface area contributed by atoms with E-state index >= 15 is 0 Å². The number of carbonyl (C=O) groups excluding carboxylic acids is 1. The minimum Gasteiger partial charge on any atom is -0.494 e. The highest BCUT2D eigenvalue weighted by molar-refractivity contribution is 5.95. The Balaban J connectivity index is 2.22. The molecule has 0 heterocycles. The fourth-order valence-corrected chi connectivity index (χ4v) is 2.33. The molecular formula is C21H25NO3. The summed E-state index contributed by atoms with van der Waals surface area (Å²) in [5.74, 6) is 1.05. The van der Waals surface area contributed by atoms with Crippen molar-refractivity contribution in [3.05, 3.63) is 59.7 Å². The highest BCUT2D eigenvalue weighted by Gasteiger charge is 2.18. The first-order valence-electron chi connectivity index (χ1n) is 8.55. The zero-order chi connectivity index (χ0) is 18.2. The summed E-state index contributed by atoms with van der Waals surface area (Å²) in [6.07, 6.45) is 2.73. The van der Waals surface area contributed by atoms with Gasteiger partial charge < -0.3 is 15.2 Å². The van der Waals surface area contributed by atoms with Crippen LogP contribution in [-0.4, -0.2) is 12.6 Å². The molecule has 0 aromatic heterocycles. The van der Waals surface area contributed by atoms with Crippen molar-refractivity contribution in [2.75, 3.05) is 12.3 Å². The molecule has 0 amide bonds. The van der Waals surface area contributed by atoms with Crippen molar-refractivity contribution in [3.63, 3.8) is 0 Å². The van der Waals surface area contributed by atoms with Crippen molar-refractivity contribution < 1.29 is 14.3 Å². The van der Waals surface area contributed by atoms with Crippen molar-refractivity contribution >= 4 is 17.7 Å². The molecule has 1 unspecified atom stereocenters. The Morgan fingerprint density at radius 1 is 1.04 bits per heavy atom. The third kappa shape index (κ3) is 5.38. The lowest BCUT2D eigenvalue weighted by atomic mass is 9.96. The maximum atomic E-state index is 12.6. The van der Waals surface area contributed by atoms with Gasteiger partial charge in [0.25, 0.3) is 0 Å². The lowest BCUT2D eigenvalue weighted by Gasteiger charge is -2.14. The number of ether oxygens (including phenoxy) is 2. The molecule has 2 aromatic rings. The smallest absolute Gasteiger partial charge is 0.339 e. The maximum absolute atomic E-state index is 12.6. The van der Waals surface area contributed by atoms with Crippen LogP contribution in [0.5, 0.6) is 11.5 Å². The number of hydrogen-bond donors (Lipinski definition) is 1. The van der Waals surface area contributed by atoms with E-state index in [-0.39, 0.29) is 11.9 Å². The molecule has 25 heavy (non-hydrogen) atoms. The second kappa shape index (κ2) is 8.92. The summed E-state index contributed by atoms with van der Waals surface area (Å²) in [4.78, 5) is 12.6. The van der Waals surface area contributed by atoms with E-state index in [0.29, 0.717) is 23.6 Å². The molecule has 0 radical (unpaired) electrons. The molecule has 0 bridgehead atoms. The number of nitrogens with two attached hydrogens (primary N) is 1. The lowest BCUT2D eigenvalue weighted by molar-refractivity contribution is -0.130. The molecule has 2 aromatic carbocycles. The Hall–Kier alpha value is -2.75. The molecule has 4 heteroatoms. The van der Waals surface area contributed by atoms with Gasteiger partial charge in [-0.25, -0.2) is 4.79 Å². The van der Waals surface area contributed by atoms with Crippen LogP contribution >= 0.6 is 0 Å². The van der Waals surface area contributed by atoms with E-state index in [1.807, 2.05) is 51.1 Å². The Bertz CT molecular complexity index is 718. The summed E-state index contributed by atoms with van der Waals surface area (Å²) in [6, 6.07) is 14.5. The van der Waals surface area contributed by atoms with E-state index < -0.39 is 0 Å². The van der Waals surface area contributed by atoms with Gasteiger partial charge in [-0.05, 0) is 67.3 Å². The molecule has 0 fully saturated rings. The van der Waals surface area contributed by atoms with Gasteiger partial charge in [-0.3, -0.25) is 0 Å². The quantitative estimate of drug-likeness (QED) is 0.344. The van der Waals surface area contributed by atoms with Crippen LogP contribution in [-0.2, 0) is 4.79 Å². The molecule has 132 valence electrons. The van der Waals surface area contributed by atoms with Crippen molar-refractivity contribution in [2.24, 2.45) is 5.92 Å². The van der Waals surface area contributed by atoms with E-state index in [0.717, 1.165) is 17.7 Å². The second-order valence-electron chi connectivity index (χ2n) is 5.87. The van der Waals surface area contributed by atoms with E-state index in [1.54, 1.807) is 24.3 Å².